The summed E-state index contributed by atoms with van der Waals surface area (Å²) < 4.78 is 0. The van der Waals surface area contributed by atoms with Gasteiger partial charge in [-0.15, -0.1) is 0 Å². The van der Waals surface area contributed by atoms with Gasteiger partial charge in [0.25, 0.3) is 11.7 Å². The van der Waals surface area contributed by atoms with Crippen molar-refractivity contribution < 1.29 is 14.7 Å². The number of amides is 1. The molecule has 1 fully saturated rings. The maximum Gasteiger partial charge on any atom is 0.295 e. The fourth-order valence-electron chi connectivity index (χ4n) is 3.86. The summed E-state index contributed by atoms with van der Waals surface area (Å²) in [6.45, 7) is 7.34. The van der Waals surface area contributed by atoms with E-state index in [9.17, 15) is 14.7 Å². The molecule has 0 saturated carbocycles. The number of ketones is 1. The van der Waals surface area contributed by atoms with Crippen molar-refractivity contribution in [3.63, 3.8) is 0 Å². The zero-order valence-corrected chi connectivity index (χ0v) is 18.1. The van der Waals surface area contributed by atoms with Gasteiger partial charge < -0.3 is 14.9 Å². The molecule has 1 unspecified atom stereocenters. The van der Waals surface area contributed by atoms with Crippen LogP contribution in [0.15, 0.2) is 60.2 Å². The van der Waals surface area contributed by atoms with Gasteiger partial charge in [-0.2, -0.15) is 0 Å². The van der Waals surface area contributed by atoms with E-state index in [0.29, 0.717) is 17.1 Å². The molecule has 0 aromatic heterocycles. The van der Waals surface area contributed by atoms with Crippen molar-refractivity contribution in [2.45, 2.75) is 26.3 Å². The second-order valence-electron chi connectivity index (χ2n) is 7.29. The molecule has 2 aromatic rings. The van der Waals surface area contributed by atoms with Gasteiger partial charge >= 0.3 is 0 Å². The van der Waals surface area contributed by atoms with Crippen LogP contribution in [0.4, 0.5) is 0 Å². The topological polar surface area (TPSA) is 60.9 Å². The van der Waals surface area contributed by atoms with E-state index in [1.165, 1.54) is 0 Å². The van der Waals surface area contributed by atoms with Crippen LogP contribution in [-0.2, 0) is 9.59 Å². The van der Waals surface area contributed by atoms with Gasteiger partial charge in [0.15, 0.2) is 0 Å². The number of aliphatic hydroxyl groups is 1. The summed E-state index contributed by atoms with van der Waals surface area (Å²) in [4.78, 5) is 29.7. The first-order valence-electron chi connectivity index (χ1n) is 10.3. The normalized spacial score (nSPS) is 18.4. The number of hydrogen-bond donors (Lipinski definition) is 1. The quantitative estimate of drug-likeness (QED) is 0.383. The van der Waals surface area contributed by atoms with Crippen LogP contribution in [0.25, 0.3) is 5.76 Å². The van der Waals surface area contributed by atoms with Crippen molar-refractivity contribution in [1.82, 2.24) is 9.80 Å². The van der Waals surface area contributed by atoms with Crippen molar-refractivity contribution >= 4 is 29.1 Å². The molecule has 1 heterocycles. The number of Topliss-reactive ketones (excluding diaryl/α,β-unsaturated/α-hetero) is 1. The first-order chi connectivity index (χ1) is 14.5. The molecule has 158 valence electrons. The molecule has 1 aliphatic heterocycles. The van der Waals surface area contributed by atoms with Crippen molar-refractivity contribution in [3.8, 4) is 0 Å². The van der Waals surface area contributed by atoms with Crippen LogP contribution >= 0.6 is 11.6 Å². The molecular weight excluding hydrogens is 400 g/mol. The van der Waals surface area contributed by atoms with Crippen LogP contribution < -0.4 is 0 Å². The highest BCUT2D eigenvalue weighted by atomic mass is 35.5. The molecule has 0 bridgehead atoms. The summed E-state index contributed by atoms with van der Waals surface area (Å²) in [7, 11) is 0. The van der Waals surface area contributed by atoms with Crippen LogP contribution in [-0.4, -0.2) is 52.8 Å². The molecule has 2 aromatic carbocycles. The number of halogens is 1. The molecule has 0 radical (unpaired) electrons. The fourth-order valence-corrected chi connectivity index (χ4v) is 3.98. The van der Waals surface area contributed by atoms with Gasteiger partial charge in [0.05, 0.1) is 11.6 Å². The van der Waals surface area contributed by atoms with E-state index in [-0.39, 0.29) is 11.3 Å². The van der Waals surface area contributed by atoms with E-state index in [2.05, 4.69) is 18.7 Å². The second-order valence-corrected chi connectivity index (χ2v) is 7.73. The Morgan fingerprint density at radius 1 is 1.03 bits per heavy atom. The van der Waals surface area contributed by atoms with E-state index < -0.39 is 17.7 Å². The summed E-state index contributed by atoms with van der Waals surface area (Å²) in [6, 6.07) is 15.3. The number of aliphatic hydroxyl groups excluding tert-OH is 1. The first-order valence-corrected chi connectivity index (χ1v) is 10.7. The summed E-state index contributed by atoms with van der Waals surface area (Å²) in [5.74, 6) is -1.38. The third kappa shape index (κ3) is 4.58. The van der Waals surface area contributed by atoms with Crippen LogP contribution in [0.2, 0.25) is 5.02 Å². The molecule has 1 aliphatic rings. The summed E-state index contributed by atoms with van der Waals surface area (Å²) in [6.07, 6.45) is 0.740. The smallest absolute Gasteiger partial charge is 0.295 e. The predicted octanol–water partition coefficient (Wildman–Crippen LogP) is 4.49. The zero-order chi connectivity index (χ0) is 21.7. The predicted molar refractivity (Wildman–Crippen MR) is 119 cm³/mol. The Morgan fingerprint density at radius 2 is 1.67 bits per heavy atom. The minimum atomic E-state index is -0.654. The number of hydrogen-bond acceptors (Lipinski definition) is 4. The van der Waals surface area contributed by atoms with E-state index >= 15 is 0 Å². The molecule has 1 atom stereocenters. The lowest BCUT2D eigenvalue weighted by Gasteiger charge is -2.26. The molecule has 1 amide bonds. The van der Waals surface area contributed by atoms with Crippen molar-refractivity contribution in [3.05, 3.63) is 76.3 Å². The van der Waals surface area contributed by atoms with Crippen LogP contribution in [0, 0.1) is 0 Å². The molecule has 5 nitrogen and oxygen atoms in total. The minimum Gasteiger partial charge on any atom is -0.507 e. The maximum atomic E-state index is 12.9. The van der Waals surface area contributed by atoms with Gasteiger partial charge in [-0.25, -0.2) is 0 Å². The van der Waals surface area contributed by atoms with Gasteiger partial charge in [-0.3, -0.25) is 9.59 Å². The largest absolute Gasteiger partial charge is 0.507 e. The minimum absolute atomic E-state index is 0.122. The number of carbonyl (C=O) groups is 2. The Bertz CT molecular complexity index is 921. The van der Waals surface area contributed by atoms with E-state index in [0.717, 1.165) is 31.6 Å². The number of benzene rings is 2. The van der Waals surface area contributed by atoms with Crippen molar-refractivity contribution in [2.24, 2.45) is 0 Å². The third-order valence-electron chi connectivity index (χ3n) is 5.54. The van der Waals surface area contributed by atoms with Crippen molar-refractivity contribution in [2.75, 3.05) is 26.2 Å². The molecular formula is C24H27ClN2O3. The Kier molecular flexibility index (Phi) is 7.29. The monoisotopic (exact) mass is 426 g/mol. The Balaban J connectivity index is 2.00. The lowest BCUT2D eigenvalue weighted by molar-refractivity contribution is -0.140. The third-order valence-corrected chi connectivity index (χ3v) is 5.79. The average molecular weight is 427 g/mol. The number of likely N-dealkylation sites (tertiary alicyclic amines) is 1. The lowest BCUT2D eigenvalue weighted by atomic mass is 9.95. The molecule has 1 saturated heterocycles. The number of rotatable bonds is 8. The van der Waals surface area contributed by atoms with Crippen LogP contribution in [0.5, 0.6) is 0 Å². The number of nitrogens with zero attached hydrogens (tertiary/aromatic N) is 2. The molecule has 6 heteroatoms. The Morgan fingerprint density at radius 3 is 2.27 bits per heavy atom. The van der Waals surface area contributed by atoms with Gasteiger partial charge in [0, 0.05) is 17.1 Å². The molecule has 30 heavy (non-hydrogen) atoms. The molecule has 0 spiro atoms. The van der Waals surface area contributed by atoms with E-state index in [4.69, 9.17) is 11.6 Å². The highest BCUT2D eigenvalue weighted by Gasteiger charge is 2.45. The van der Waals surface area contributed by atoms with Gasteiger partial charge in [0.2, 0.25) is 0 Å². The molecule has 0 aliphatic carbocycles. The van der Waals surface area contributed by atoms with Gasteiger partial charge in [0.1, 0.15) is 5.76 Å². The zero-order valence-electron chi connectivity index (χ0n) is 17.3. The Hall–Kier alpha value is -2.63. The standard InChI is InChI=1S/C24H27ClN2O3/c1-3-26(4-2)15-8-16-27-21(17-11-13-19(25)14-12-17)20(23(29)24(27)30)22(28)18-9-6-5-7-10-18/h5-7,9-14,21,28H,3-4,8,15-16H2,1-2H3. The fraction of sp³-hybridized carbons (Fsp3) is 0.333. The first kappa shape index (κ1) is 22.1. The average Bonchev–Trinajstić information content (AvgIpc) is 3.02. The van der Waals surface area contributed by atoms with Gasteiger partial charge in [-0.1, -0.05) is 67.9 Å². The lowest BCUT2D eigenvalue weighted by Crippen LogP contribution is -2.33. The van der Waals surface area contributed by atoms with E-state index in [1.54, 1.807) is 53.4 Å². The van der Waals surface area contributed by atoms with Crippen LogP contribution in [0.3, 0.4) is 0 Å². The highest BCUT2D eigenvalue weighted by molar-refractivity contribution is 6.46. The molecule has 3 rings (SSSR count). The van der Waals surface area contributed by atoms with Crippen molar-refractivity contribution in [1.29, 1.82) is 0 Å². The number of carbonyl (C=O) groups excluding carboxylic acids is 2. The second kappa shape index (κ2) is 9.92. The molecule has 1 N–H and O–H groups in total. The summed E-state index contributed by atoms with van der Waals surface area (Å²) >= 11 is 6.04. The highest BCUT2D eigenvalue weighted by Crippen LogP contribution is 2.39. The summed E-state index contributed by atoms with van der Waals surface area (Å²) in [5.41, 5.74) is 1.38. The summed E-state index contributed by atoms with van der Waals surface area (Å²) in [5, 5.41) is 11.5. The Labute approximate surface area is 182 Å². The van der Waals surface area contributed by atoms with Crippen LogP contribution in [0.1, 0.15) is 37.4 Å². The SMILES string of the molecule is CCN(CC)CCCN1C(=O)C(=O)C(=C(O)c2ccccc2)C1c1ccc(Cl)cc1. The van der Waals surface area contributed by atoms with E-state index in [1.807, 2.05) is 6.07 Å². The maximum absolute atomic E-state index is 12.9. The van der Waals surface area contributed by atoms with Gasteiger partial charge in [-0.05, 0) is 43.8 Å².